The van der Waals surface area contributed by atoms with Gasteiger partial charge < -0.3 is 15.1 Å². The maximum Gasteiger partial charge on any atom is 0.241 e. The molecule has 0 aromatic heterocycles. The minimum atomic E-state index is 0.165. The molecule has 5 heteroatoms. The number of hydrogen-bond acceptors (Lipinski definition) is 3. The lowest BCUT2D eigenvalue weighted by Gasteiger charge is -2.34. The molecule has 0 saturated carbocycles. The van der Waals surface area contributed by atoms with Crippen molar-refractivity contribution in [1.29, 1.82) is 0 Å². The largest absolute Gasteiger partial charge is 0.360 e. The third-order valence-corrected chi connectivity index (χ3v) is 3.82. The van der Waals surface area contributed by atoms with Crippen LogP contribution in [0.5, 0.6) is 0 Å². The van der Waals surface area contributed by atoms with Crippen LogP contribution in [0.25, 0.3) is 0 Å². The highest BCUT2D eigenvalue weighted by Crippen LogP contribution is 2.25. The minimum absolute atomic E-state index is 0.165. The highest BCUT2D eigenvalue weighted by atomic mass is 35.5. The van der Waals surface area contributed by atoms with Gasteiger partial charge in [0.25, 0.3) is 0 Å². The zero-order valence-electron chi connectivity index (χ0n) is 12.2. The maximum absolute atomic E-state index is 11.9. The molecule has 1 aromatic carbocycles. The summed E-state index contributed by atoms with van der Waals surface area (Å²) in [6.07, 6.45) is 1.10. The van der Waals surface area contributed by atoms with Gasteiger partial charge in [-0.15, -0.1) is 0 Å². The molecule has 0 unspecified atom stereocenters. The summed E-state index contributed by atoms with van der Waals surface area (Å²) < 4.78 is 0. The number of nitrogens with one attached hydrogen (secondary N) is 1. The van der Waals surface area contributed by atoms with Gasteiger partial charge in [-0.2, -0.15) is 0 Å². The van der Waals surface area contributed by atoms with E-state index in [2.05, 4.69) is 17.1 Å². The summed E-state index contributed by atoms with van der Waals surface area (Å²) in [5, 5.41) is 4.14. The van der Waals surface area contributed by atoms with Gasteiger partial charge >= 0.3 is 0 Å². The lowest BCUT2D eigenvalue weighted by atomic mass is 10.1. The summed E-state index contributed by atoms with van der Waals surface area (Å²) >= 11 is 6.10. The van der Waals surface area contributed by atoms with E-state index in [-0.39, 0.29) is 5.91 Å². The van der Waals surface area contributed by atoms with Crippen molar-refractivity contribution < 1.29 is 4.79 Å². The van der Waals surface area contributed by atoms with Crippen molar-refractivity contribution in [1.82, 2.24) is 10.2 Å². The smallest absolute Gasteiger partial charge is 0.241 e. The Morgan fingerprint density at radius 2 is 2.15 bits per heavy atom. The molecule has 1 fully saturated rings. The van der Waals surface area contributed by atoms with E-state index < -0.39 is 0 Å². The Labute approximate surface area is 125 Å². The van der Waals surface area contributed by atoms with Crippen molar-refractivity contribution in [3.05, 3.63) is 28.8 Å². The van der Waals surface area contributed by atoms with Gasteiger partial charge in [-0.25, -0.2) is 0 Å². The summed E-state index contributed by atoms with van der Waals surface area (Å²) in [5.74, 6) is 0.165. The summed E-state index contributed by atoms with van der Waals surface area (Å²) in [5.41, 5.74) is 2.27. The second kappa shape index (κ2) is 6.95. The average Bonchev–Trinajstić information content (AvgIpc) is 2.43. The molecular weight excluding hydrogens is 274 g/mol. The zero-order chi connectivity index (χ0) is 14.5. The molecule has 0 radical (unpaired) electrons. The Balaban J connectivity index is 2.15. The van der Waals surface area contributed by atoms with Crippen LogP contribution >= 0.6 is 11.6 Å². The molecule has 4 nitrogen and oxygen atoms in total. The van der Waals surface area contributed by atoms with E-state index in [1.54, 1.807) is 4.90 Å². The van der Waals surface area contributed by atoms with Crippen molar-refractivity contribution in [3.63, 3.8) is 0 Å². The fourth-order valence-electron chi connectivity index (χ4n) is 2.37. The number of nitrogens with zero attached hydrogens (tertiary/aromatic N) is 2. The molecule has 1 heterocycles. The van der Waals surface area contributed by atoms with Gasteiger partial charge in [0.15, 0.2) is 0 Å². The number of likely N-dealkylation sites (N-methyl/N-ethyl adjacent to an activating group) is 1. The van der Waals surface area contributed by atoms with Crippen LogP contribution in [0.1, 0.15) is 18.9 Å². The molecule has 1 amide bonds. The Morgan fingerprint density at radius 3 is 2.85 bits per heavy atom. The van der Waals surface area contributed by atoms with Crippen molar-refractivity contribution in [2.24, 2.45) is 0 Å². The quantitative estimate of drug-likeness (QED) is 0.845. The molecule has 1 aliphatic rings. The first-order valence-corrected chi connectivity index (χ1v) is 7.47. The third-order valence-electron chi connectivity index (χ3n) is 3.58. The van der Waals surface area contributed by atoms with Crippen molar-refractivity contribution in [2.45, 2.75) is 19.9 Å². The van der Waals surface area contributed by atoms with Gasteiger partial charge in [-0.1, -0.05) is 18.5 Å². The Hall–Kier alpha value is -1.26. The molecule has 0 atom stereocenters. The third kappa shape index (κ3) is 3.64. The van der Waals surface area contributed by atoms with Gasteiger partial charge in [0.1, 0.15) is 0 Å². The molecule has 110 valence electrons. The fourth-order valence-corrected chi connectivity index (χ4v) is 2.56. The van der Waals surface area contributed by atoms with E-state index in [4.69, 9.17) is 11.6 Å². The number of carbonyl (C=O) groups is 1. The van der Waals surface area contributed by atoms with Crippen LogP contribution in [0.4, 0.5) is 5.69 Å². The summed E-state index contributed by atoms with van der Waals surface area (Å²) in [7, 11) is 1.85. The van der Waals surface area contributed by atoms with E-state index in [1.807, 2.05) is 25.2 Å². The monoisotopic (exact) mass is 295 g/mol. The Morgan fingerprint density at radius 1 is 1.35 bits per heavy atom. The standard InChI is InChI=1S/C15H22ClN3O/c1-3-6-17-10-12-9-13(16)4-5-14(12)19-8-7-18(2)15(20)11-19/h4-5,9,17H,3,6-8,10-11H2,1-2H3. The van der Waals surface area contributed by atoms with Gasteiger partial charge in [0, 0.05) is 37.4 Å². The molecular formula is C15H22ClN3O. The van der Waals surface area contributed by atoms with Gasteiger partial charge in [-0.3, -0.25) is 4.79 Å². The number of benzene rings is 1. The normalized spacial score (nSPS) is 15.8. The second-order valence-electron chi connectivity index (χ2n) is 5.19. The Bertz CT molecular complexity index is 478. The first-order chi connectivity index (χ1) is 9.61. The second-order valence-corrected chi connectivity index (χ2v) is 5.62. The number of anilines is 1. The molecule has 0 aliphatic carbocycles. The van der Waals surface area contributed by atoms with Gasteiger partial charge in [0.2, 0.25) is 5.91 Å². The zero-order valence-corrected chi connectivity index (χ0v) is 12.9. The van der Waals surface area contributed by atoms with Crippen molar-refractivity contribution in [3.8, 4) is 0 Å². The number of piperazine rings is 1. The van der Waals surface area contributed by atoms with Crippen LogP contribution in [-0.4, -0.2) is 44.0 Å². The van der Waals surface area contributed by atoms with Crippen LogP contribution in [0.2, 0.25) is 5.02 Å². The fraction of sp³-hybridized carbons (Fsp3) is 0.533. The number of halogens is 1. The van der Waals surface area contributed by atoms with E-state index in [9.17, 15) is 4.79 Å². The summed E-state index contributed by atoms with van der Waals surface area (Å²) in [6.45, 7) is 5.98. The number of amides is 1. The first kappa shape index (κ1) is 15.1. The first-order valence-electron chi connectivity index (χ1n) is 7.10. The van der Waals surface area contributed by atoms with E-state index in [0.29, 0.717) is 6.54 Å². The lowest BCUT2D eigenvalue weighted by molar-refractivity contribution is -0.129. The lowest BCUT2D eigenvalue weighted by Crippen LogP contribution is -2.48. The summed E-state index contributed by atoms with van der Waals surface area (Å²) in [4.78, 5) is 15.8. The highest BCUT2D eigenvalue weighted by Gasteiger charge is 2.22. The molecule has 1 aliphatic heterocycles. The van der Waals surface area contributed by atoms with E-state index in [0.717, 1.165) is 48.9 Å². The van der Waals surface area contributed by atoms with Crippen LogP contribution in [0.3, 0.4) is 0 Å². The maximum atomic E-state index is 11.9. The molecule has 1 saturated heterocycles. The number of hydrogen-bond donors (Lipinski definition) is 1. The molecule has 0 spiro atoms. The number of carbonyl (C=O) groups excluding carboxylic acids is 1. The molecule has 20 heavy (non-hydrogen) atoms. The molecule has 2 rings (SSSR count). The Kier molecular flexibility index (Phi) is 5.26. The molecule has 1 N–H and O–H groups in total. The van der Waals surface area contributed by atoms with Gasteiger partial charge in [0.05, 0.1) is 6.54 Å². The van der Waals surface area contributed by atoms with Crippen molar-refractivity contribution in [2.75, 3.05) is 38.1 Å². The predicted octanol–water partition coefficient (Wildman–Crippen LogP) is 2.12. The predicted molar refractivity (Wildman–Crippen MR) is 83.3 cm³/mol. The van der Waals surface area contributed by atoms with Gasteiger partial charge in [-0.05, 0) is 36.7 Å². The highest BCUT2D eigenvalue weighted by molar-refractivity contribution is 6.30. The van der Waals surface area contributed by atoms with Crippen LogP contribution < -0.4 is 10.2 Å². The summed E-state index contributed by atoms with van der Waals surface area (Å²) in [6, 6.07) is 5.90. The molecule has 0 bridgehead atoms. The van der Waals surface area contributed by atoms with E-state index in [1.165, 1.54) is 0 Å². The van der Waals surface area contributed by atoms with Crippen LogP contribution in [0, 0.1) is 0 Å². The minimum Gasteiger partial charge on any atom is -0.360 e. The molecule has 1 aromatic rings. The average molecular weight is 296 g/mol. The van der Waals surface area contributed by atoms with Crippen LogP contribution in [-0.2, 0) is 11.3 Å². The SMILES string of the molecule is CCCNCc1cc(Cl)ccc1N1CCN(C)C(=O)C1. The number of rotatable bonds is 5. The van der Waals surface area contributed by atoms with E-state index >= 15 is 0 Å². The van der Waals surface area contributed by atoms with Crippen molar-refractivity contribution >= 4 is 23.2 Å². The topological polar surface area (TPSA) is 35.6 Å². The van der Waals surface area contributed by atoms with Crippen LogP contribution in [0.15, 0.2) is 18.2 Å².